The van der Waals surface area contributed by atoms with E-state index >= 15 is 0 Å². The highest BCUT2D eigenvalue weighted by Crippen LogP contribution is 2.27. The number of hydrogen-bond acceptors (Lipinski definition) is 4. The number of hydrogen-bond donors (Lipinski definition) is 2. The number of aromatic nitrogens is 1. The first kappa shape index (κ1) is 12.9. The molecule has 1 aromatic heterocycles. The topological polar surface area (TPSA) is 54.4 Å². The van der Waals surface area contributed by atoms with Crippen LogP contribution in [0.25, 0.3) is 0 Å². The number of fused-ring (bicyclic) bond motifs is 1. The molecule has 0 amide bonds. The molecule has 0 aliphatic carbocycles. The van der Waals surface area contributed by atoms with Crippen LogP contribution in [0, 0.1) is 5.82 Å². The van der Waals surface area contributed by atoms with Crippen molar-refractivity contribution in [1.82, 2.24) is 4.98 Å². The fourth-order valence-corrected chi connectivity index (χ4v) is 2.19. The Bertz CT molecular complexity index is 601. The number of rotatable bonds is 3. The minimum absolute atomic E-state index is 0.0155. The van der Waals surface area contributed by atoms with E-state index in [1.807, 2.05) is 6.07 Å². The van der Waals surface area contributed by atoms with Crippen LogP contribution in [0.4, 0.5) is 10.1 Å². The molecule has 0 spiro atoms. The number of halogens is 1. The van der Waals surface area contributed by atoms with E-state index in [1.165, 1.54) is 12.1 Å². The van der Waals surface area contributed by atoms with Crippen molar-refractivity contribution in [2.45, 2.75) is 12.5 Å². The summed E-state index contributed by atoms with van der Waals surface area (Å²) in [4.78, 5) is 4.26. The summed E-state index contributed by atoms with van der Waals surface area (Å²) in [6.07, 6.45) is 2.43. The summed E-state index contributed by atoms with van der Waals surface area (Å²) in [6.45, 7) is 0.426. The maximum atomic E-state index is 12.9. The molecule has 0 bridgehead atoms. The van der Waals surface area contributed by atoms with Crippen molar-refractivity contribution in [3.63, 3.8) is 0 Å². The van der Waals surface area contributed by atoms with E-state index in [4.69, 9.17) is 9.84 Å². The van der Waals surface area contributed by atoms with Crippen molar-refractivity contribution in [1.29, 1.82) is 0 Å². The highest BCUT2D eigenvalue weighted by atomic mass is 19.1. The Kier molecular flexibility index (Phi) is 3.52. The lowest BCUT2D eigenvalue weighted by atomic mass is 10.1. The maximum Gasteiger partial charge on any atom is 0.237 e. The SMILES string of the molecule is OC[C@H]1COc2ncc(Cc3ccc(F)cc3)cc2N1. The third kappa shape index (κ3) is 2.72. The van der Waals surface area contributed by atoms with Crippen LogP contribution >= 0.6 is 0 Å². The maximum absolute atomic E-state index is 12.9. The fraction of sp³-hybridized carbons (Fsp3) is 0.267. The number of anilines is 1. The summed E-state index contributed by atoms with van der Waals surface area (Å²) in [5.74, 6) is 0.315. The Morgan fingerprint density at radius 1 is 1.30 bits per heavy atom. The molecule has 2 aromatic rings. The van der Waals surface area contributed by atoms with Gasteiger partial charge in [-0.1, -0.05) is 12.1 Å². The first-order valence-electron chi connectivity index (χ1n) is 6.48. The molecule has 20 heavy (non-hydrogen) atoms. The summed E-state index contributed by atoms with van der Waals surface area (Å²) in [7, 11) is 0. The van der Waals surface area contributed by atoms with Gasteiger partial charge in [0.1, 0.15) is 12.4 Å². The third-order valence-corrected chi connectivity index (χ3v) is 3.23. The molecule has 5 heteroatoms. The van der Waals surface area contributed by atoms with Crippen LogP contribution in [0.2, 0.25) is 0 Å². The van der Waals surface area contributed by atoms with Crippen molar-refractivity contribution >= 4 is 5.69 Å². The summed E-state index contributed by atoms with van der Waals surface area (Å²) < 4.78 is 18.3. The van der Waals surface area contributed by atoms with Crippen LogP contribution in [0.15, 0.2) is 36.5 Å². The smallest absolute Gasteiger partial charge is 0.237 e. The number of aliphatic hydroxyl groups is 1. The zero-order valence-corrected chi connectivity index (χ0v) is 10.8. The second-order valence-corrected chi connectivity index (χ2v) is 4.83. The average molecular weight is 274 g/mol. The van der Waals surface area contributed by atoms with Crippen LogP contribution in [0.3, 0.4) is 0 Å². The minimum Gasteiger partial charge on any atom is -0.474 e. The van der Waals surface area contributed by atoms with Crippen molar-refractivity contribution in [3.8, 4) is 5.88 Å². The number of nitrogens with zero attached hydrogens (tertiary/aromatic N) is 1. The molecule has 0 fully saturated rings. The molecule has 0 saturated heterocycles. The summed E-state index contributed by atoms with van der Waals surface area (Å²) in [6, 6.07) is 8.26. The standard InChI is InChI=1S/C15H15FN2O2/c16-12-3-1-10(2-4-12)5-11-6-14-15(17-7-11)20-9-13(8-19)18-14/h1-4,6-7,13,18-19H,5,8-9H2/t13-/m0/s1. The molecule has 104 valence electrons. The molecule has 1 aromatic carbocycles. The zero-order valence-electron chi connectivity index (χ0n) is 10.8. The molecule has 3 rings (SSSR count). The summed E-state index contributed by atoms with van der Waals surface area (Å²) in [5, 5.41) is 12.3. The number of pyridine rings is 1. The van der Waals surface area contributed by atoms with E-state index in [0.29, 0.717) is 18.9 Å². The van der Waals surface area contributed by atoms with Gasteiger partial charge in [0.15, 0.2) is 0 Å². The number of ether oxygens (including phenoxy) is 1. The Hall–Kier alpha value is -2.14. The first-order chi connectivity index (χ1) is 9.74. The number of aliphatic hydroxyl groups excluding tert-OH is 1. The normalized spacial score (nSPS) is 17.0. The number of nitrogens with one attached hydrogen (secondary N) is 1. The van der Waals surface area contributed by atoms with Gasteiger partial charge in [-0.15, -0.1) is 0 Å². The Balaban J connectivity index is 1.79. The quantitative estimate of drug-likeness (QED) is 0.898. The van der Waals surface area contributed by atoms with Crippen molar-refractivity contribution in [2.24, 2.45) is 0 Å². The average Bonchev–Trinajstić information content (AvgIpc) is 2.49. The molecule has 4 nitrogen and oxygen atoms in total. The zero-order chi connectivity index (χ0) is 13.9. The molecule has 2 N–H and O–H groups in total. The molecular formula is C15H15FN2O2. The second-order valence-electron chi connectivity index (χ2n) is 4.83. The van der Waals surface area contributed by atoms with Gasteiger partial charge in [-0.2, -0.15) is 0 Å². The van der Waals surface area contributed by atoms with E-state index in [2.05, 4.69) is 10.3 Å². The van der Waals surface area contributed by atoms with E-state index in [-0.39, 0.29) is 18.5 Å². The molecule has 0 saturated carbocycles. The van der Waals surface area contributed by atoms with Gasteiger partial charge >= 0.3 is 0 Å². The molecule has 1 aliphatic rings. The minimum atomic E-state index is -0.238. The van der Waals surface area contributed by atoms with Crippen molar-refractivity contribution in [3.05, 3.63) is 53.5 Å². The predicted octanol–water partition coefficient (Wildman–Crippen LogP) is 1.98. The van der Waals surface area contributed by atoms with Crippen LogP contribution in [0.5, 0.6) is 5.88 Å². The van der Waals surface area contributed by atoms with E-state index < -0.39 is 0 Å². The van der Waals surface area contributed by atoms with Crippen LogP contribution < -0.4 is 10.1 Å². The molecular weight excluding hydrogens is 259 g/mol. The Morgan fingerprint density at radius 3 is 2.85 bits per heavy atom. The highest BCUT2D eigenvalue weighted by molar-refractivity contribution is 5.56. The lowest BCUT2D eigenvalue weighted by molar-refractivity contribution is 0.203. The van der Waals surface area contributed by atoms with Gasteiger partial charge in [-0.05, 0) is 35.7 Å². The van der Waals surface area contributed by atoms with Gasteiger partial charge in [0.05, 0.1) is 18.3 Å². The van der Waals surface area contributed by atoms with Crippen molar-refractivity contribution < 1.29 is 14.2 Å². The molecule has 0 radical (unpaired) electrons. The van der Waals surface area contributed by atoms with Crippen LogP contribution in [-0.2, 0) is 6.42 Å². The van der Waals surface area contributed by atoms with Gasteiger partial charge < -0.3 is 15.2 Å². The third-order valence-electron chi connectivity index (χ3n) is 3.23. The molecule has 1 atom stereocenters. The molecule has 1 aliphatic heterocycles. The summed E-state index contributed by atoms with van der Waals surface area (Å²) >= 11 is 0. The molecule has 0 unspecified atom stereocenters. The van der Waals surface area contributed by atoms with Gasteiger partial charge in [0.2, 0.25) is 5.88 Å². The number of benzene rings is 1. The van der Waals surface area contributed by atoms with Gasteiger partial charge in [-0.3, -0.25) is 0 Å². The highest BCUT2D eigenvalue weighted by Gasteiger charge is 2.19. The second kappa shape index (κ2) is 5.46. The van der Waals surface area contributed by atoms with Crippen LogP contribution in [-0.4, -0.2) is 29.3 Å². The van der Waals surface area contributed by atoms with Gasteiger partial charge in [0.25, 0.3) is 0 Å². The molecule has 2 heterocycles. The Labute approximate surface area is 116 Å². The lowest BCUT2D eigenvalue weighted by Crippen LogP contribution is -2.34. The van der Waals surface area contributed by atoms with E-state index in [1.54, 1.807) is 18.3 Å². The van der Waals surface area contributed by atoms with Gasteiger partial charge in [-0.25, -0.2) is 9.37 Å². The largest absolute Gasteiger partial charge is 0.474 e. The monoisotopic (exact) mass is 274 g/mol. The van der Waals surface area contributed by atoms with E-state index in [9.17, 15) is 4.39 Å². The van der Waals surface area contributed by atoms with Gasteiger partial charge in [0, 0.05) is 6.20 Å². The van der Waals surface area contributed by atoms with Crippen molar-refractivity contribution in [2.75, 3.05) is 18.5 Å². The fourth-order valence-electron chi connectivity index (χ4n) is 2.19. The Morgan fingerprint density at radius 2 is 2.10 bits per heavy atom. The van der Waals surface area contributed by atoms with E-state index in [0.717, 1.165) is 16.8 Å². The van der Waals surface area contributed by atoms with Crippen LogP contribution in [0.1, 0.15) is 11.1 Å². The predicted molar refractivity (Wildman–Crippen MR) is 73.4 cm³/mol. The summed E-state index contributed by atoms with van der Waals surface area (Å²) in [5.41, 5.74) is 2.81. The first-order valence-corrected chi connectivity index (χ1v) is 6.48. The lowest BCUT2D eigenvalue weighted by Gasteiger charge is -2.25.